The van der Waals surface area contributed by atoms with E-state index >= 15 is 0 Å². The Bertz CT molecular complexity index is 374. The summed E-state index contributed by atoms with van der Waals surface area (Å²) < 4.78 is 5.57. The minimum Gasteiger partial charge on any atom is -0.494 e. The zero-order chi connectivity index (χ0) is 14.1. The molecule has 106 valence electrons. The summed E-state index contributed by atoms with van der Waals surface area (Å²) in [6.07, 6.45) is 1.25. The van der Waals surface area contributed by atoms with Crippen molar-refractivity contribution in [2.75, 3.05) is 33.8 Å². The molecule has 0 saturated carbocycles. The number of carbonyl (C=O) groups excluding carboxylic acids is 1. The minimum absolute atomic E-state index is 0.0920. The van der Waals surface area contributed by atoms with Gasteiger partial charge in [-0.1, -0.05) is 17.7 Å². The van der Waals surface area contributed by atoms with Crippen molar-refractivity contribution in [2.24, 2.45) is 0 Å². The van der Waals surface area contributed by atoms with E-state index in [1.54, 1.807) is 0 Å². The minimum atomic E-state index is 0.0920. The molecule has 0 bridgehead atoms. The van der Waals surface area contributed by atoms with Crippen molar-refractivity contribution >= 4 is 5.91 Å². The fraction of sp³-hybridized carbons (Fsp3) is 0.533. The van der Waals surface area contributed by atoms with Gasteiger partial charge < -0.3 is 15.0 Å². The summed E-state index contributed by atoms with van der Waals surface area (Å²) in [5, 5.41) is 2.88. The number of nitrogens with one attached hydrogen (secondary N) is 1. The number of hydrogen-bond acceptors (Lipinski definition) is 3. The maximum absolute atomic E-state index is 11.5. The molecule has 0 fully saturated rings. The summed E-state index contributed by atoms with van der Waals surface area (Å²) in [4.78, 5) is 13.5. The van der Waals surface area contributed by atoms with Crippen molar-refractivity contribution in [1.82, 2.24) is 10.2 Å². The molecular weight excluding hydrogens is 240 g/mol. The fourth-order valence-electron chi connectivity index (χ4n) is 1.56. The van der Waals surface area contributed by atoms with Crippen molar-refractivity contribution in [2.45, 2.75) is 19.8 Å². The number of hydrogen-bond donors (Lipinski definition) is 1. The lowest BCUT2D eigenvalue weighted by atomic mass is 10.2. The van der Waals surface area contributed by atoms with Gasteiger partial charge in [-0.25, -0.2) is 0 Å². The van der Waals surface area contributed by atoms with E-state index in [4.69, 9.17) is 4.74 Å². The first-order chi connectivity index (χ1) is 9.08. The topological polar surface area (TPSA) is 41.6 Å². The highest BCUT2D eigenvalue weighted by molar-refractivity contribution is 5.75. The van der Waals surface area contributed by atoms with Crippen LogP contribution in [0.4, 0.5) is 0 Å². The Kier molecular flexibility index (Phi) is 6.97. The molecule has 4 heteroatoms. The average Bonchev–Trinajstić information content (AvgIpc) is 2.36. The highest BCUT2D eigenvalue weighted by Gasteiger charge is 2.01. The molecule has 0 aliphatic rings. The molecule has 0 unspecified atom stereocenters. The molecule has 0 aliphatic carbocycles. The number of ether oxygens (including phenoxy) is 1. The molecule has 1 amide bonds. The molecule has 1 aromatic carbocycles. The van der Waals surface area contributed by atoms with Crippen molar-refractivity contribution in [3.63, 3.8) is 0 Å². The third-order valence-electron chi connectivity index (χ3n) is 2.72. The van der Waals surface area contributed by atoms with Crippen LogP contribution in [-0.2, 0) is 4.79 Å². The maximum Gasteiger partial charge on any atom is 0.220 e. The van der Waals surface area contributed by atoms with Crippen LogP contribution in [0.25, 0.3) is 0 Å². The molecule has 1 aromatic rings. The molecule has 1 N–H and O–H groups in total. The Morgan fingerprint density at radius 2 is 1.95 bits per heavy atom. The van der Waals surface area contributed by atoms with E-state index < -0.39 is 0 Å². The zero-order valence-electron chi connectivity index (χ0n) is 12.1. The summed E-state index contributed by atoms with van der Waals surface area (Å²) in [6.45, 7) is 4.18. The van der Waals surface area contributed by atoms with Gasteiger partial charge in [0.25, 0.3) is 0 Å². The molecule has 19 heavy (non-hydrogen) atoms. The van der Waals surface area contributed by atoms with Crippen LogP contribution in [0.15, 0.2) is 24.3 Å². The highest BCUT2D eigenvalue weighted by atomic mass is 16.5. The van der Waals surface area contributed by atoms with Crippen molar-refractivity contribution in [3.8, 4) is 5.75 Å². The van der Waals surface area contributed by atoms with Crippen LogP contribution in [-0.4, -0.2) is 44.6 Å². The van der Waals surface area contributed by atoms with E-state index in [0.717, 1.165) is 18.7 Å². The van der Waals surface area contributed by atoms with Crippen LogP contribution in [0.2, 0.25) is 0 Å². The van der Waals surface area contributed by atoms with E-state index in [1.807, 2.05) is 50.2 Å². The number of amides is 1. The molecule has 0 atom stereocenters. The predicted molar refractivity (Wildman–Crippen MR) is 77.5 cm³/mol. The Labute approximate surface area is 115 Å². The van der Waals surface area contributed by atoms with E-state index in [-0.39, 0.29) is 5.91 Å². The Balaban J connectivity index is 2.07. The van der Waals surface area contributed by atoms with Crippen molar-refractivity contribution in [3.05, 3.63) is 29.8 Å². The monoisotopic (exact) mass is 264 g/mol. The van der Waals surface area contributed by atoms with Gasteiger partial charge in [0.15, 0.2) is 0 Å². The number of aryl methyl sites for hydroxylation is 1. The highest BCUT2D eigenvalue weighted by Crippen LogP contribution is 2.11. The summed E-state index contributed by atoms with van der Waals surface area (Å²) in [7, 11) is 3.98. The van der Waals surface area contributed by atoms with Gasteiger partial charge in [-0.15, -0.1) is 0 Å². The number of likely N-dealkylation sites (N-methyl/N-ethyl adjacent to an activating group) is 1. The molecule has 0 heterocycles. The second-order valence-corrected chi connectivity index (χ2v) is 4.92. The van der Waals surface area contributed by atoms with Gasteiger partial charge in [0.2, 0.25) is 5.91 Å². The maximum atomic E-state index is 11.5. The molecule has 1 rings (SSSR count). The number of rotatable bonds is 8. The van der Waals surface area contributed by atoms with E-state index in [0.29, 0.717) is 19.6 Å². The van der Waals surface area contributed by atoms with Gasteiger partial charge in [-0.3, -0.25) is 4.79 Å². The molecular formula is C15H24N2O2. The number of nitrogens with zero attached hydrogens (tertiary/aromatic N) is 1. The van der Waals surface area contributed by atoms with Gasteiger partial charge in [0.05, 0.1) is 6.61 Å². The van der Waals surface area contributed by atoms with Crippen molar-refractivity contribution in [1.29, 1.82) is 0 Å². The van der Waals surface area contributed by atoms with Crippen LogP contribution < -0.4 is 10.1 Å². The Morgan fingerprint density at radius 3 is 2.58 bits per heavy atom. The molecule has 4 nitrogen and oxygen atoms in total. The summed E-state index contributed by atoms with van der Waals surface area (Å²) in [5.41, 5.74) is 1.22. The fourth-order valence-corrected chi connectivity index (χ4v) is 1.56. The Morgan fingerprint density at radius 1 is 1.26 bits per heavy atom. The summed E-state index contributed by atoms with van der Waals surface area (Å²) in [5.74, 6) is 0.952. The molecule has 0 aromatic heterocycles. The van der Waals surface area contributed by atoms with E-state index in [1.165, 1.54) is 5.56 Å². The van der Waals surface area contributed by atoms with Crippen LogP contribution >= 0.6 is 0 Å². The van der Waals surface area contributed by atoms with Crippen LogP contribution in [0, 0.1) is 6.92 Å². The second kappa shape index (κ2) is 8.53. The first-order valence-corrected chi connectivity index (χ1v) is 6.69. The number of benzene rings is 1. The van der Waals surface area contributed by atoms with Crippen LogP contribution in [0.1, 0.15) is 18.4 Å². The average molecular weight is 264 g/mol. The first-order valence-electron chi connectivity index (χ1n) is 6.69. The zero-order valence-corrected chi connectivity index (χ0v) is 12.1. The quantitative estimate of drug-likeness (QED) is 0.728. The van der Waals surface area contributed by atoms with E-state index in [2.05, 4.69) is 5.32 Å². The molecule has 0 radical (unpaired) electrons. The van der Waals surface area contributed by atoms with Gasteiger partial charge in [-0.2, -0.15) is 0 Å². The van der Waals surface area contributed by atoms with Crippen LogP contribution in [0.3, 0.4) is 0 Å². The SMILES string of the molecule is Cc1ccc(OCCCC(=O)NCCN(C)C)cc1. The molecule has 0 saturated heterocycles. The smallest absolute Gasteiger partial charge is 0.220 e. The predicted octanol–water partition coefficient (Wildman–Crippen LogP) is 1.83. The van der Waals surface area contributed by atoms with Crippen LogP contribution in [0.5, 0.6) is 5.75 Å². The lowest BCUT2D eigenvalue weighted by Crippen LogP contribution is -2.31. The second-order valence-electron chi connectivity index (χ2n) is 4.92. The first kappa shape index (κ1) is 15.5. The Hall–Kier alpha value is -1.55. The van der Waals surface area contributed by atoms with Gasteiger partial charge in [0, 0.05) is 19.5 Å². The van der Waals surface area contributed by atoms with Crippen molar-refractivity contribution < 1.29 is 9.53 Å². The third kappa shape index (κ3) is 7.47. The normalized spacial score (nSPS) is 10.5. The number of carbonyl (C=O) groups is 1. The third-order valence-corrected chi connectivity index (χ3v) is 2.72. The lowest BCUT2D eigenvalue weighted by Gasteiger charge is -2.10. The van der Waals surface area contributed by atoms with Gasteiger partial charge in [-0.05, 0) is 39.6 Å². The van der Waals surface area contributed by atoms with E-state index in [9.17, 15) is 4.79 Å². The molecule has 0 spiro atoms. The lowest BCUT2D eigenvalue weighted by molar-refractivity contribution is -0.121. The van der Waals surface area contributed by atoms with Gasteiger partial charge in [0.1, 0.15) is 5.75 Å². The standard InChI is InChI=1S/C15H24N2O2/c1-13-6-8-14(9-7-13)19-12-4-5-15(18)16-10-11-17(2)3/h6-9H,4-5,10-12H2,1-3H3,(H,16,18). The molecule has 0 aliphatic heterocycles. The summed E-state index contributed by atoms with van der Waals surface area (Å²) >= 11 is 0. The summed E-state index contributed by atoms with van der Waals surface area (Å²) in [6, 6.07) is 7.94. The largest absolute Gasteiger partial charge is 0.494 e. The van der Waals surface area contributed by atoms with Gasteiger partial charge >= 0.3 is 0 Å².